The summed E-state index contributed by atoms with van der Waals surface area (Å²) < 4.78 is 5.99. The second-order valence-electron chi connectivity index (χ2n) is 6.14. The lowest BCUT2D eigenvalue weighted by atomic mass is 10.2. The van der Waals surface area contributed by atoms with Gasteiger partial charge in [0.2, 0.25) is 0 Å². The summed E-state index contributed by atoms with van der Waals surface area (Å²) in [5.74, 6) is 1.08. The van der Waals surface area contributed by atoms with E-state index in [1.807, 2.05) is 0 Å². The van der Waals surface area contributed by atoms with Gasteiger partial charge in [-0.15, -0.1) is 24.0 Å². The molecule has 2 atom stereocenters. The molecule has 3 saturated heterocycles. The zero-order valence-electron chi connectivity index (χ0n) is 13.1. The topological polar surface area (TPSA) is 40.1 Å². The molecule has 3 fully saturated rings. The Hall–Kier alpha value is -0.0800. The van der Waals surface area contributed by atoms with Crippen molar-refractivity contribution in [3.63, 3.8) is 0 Å². The first-order valence-corrected chi connectivity index (χ1v) is 8.25. The molecule has 5 nitrogen and oxygen atoms in total. The maximum absolute atomic E-state index is 5.99. The largest absolute Gasteiger partial charge is 0.373 e. The fourth-order valence-corrected chi connectivity index (χ4v) is 3.54. The molecule has 0 spiro atoms. The Labute approximate surface area is 145 Å². The van der Waals surface area contributed by atoms with Crippen molar-refractivity contribution in [2.45, 2.75) is 44.8 Å². The van der Waals surface area contributed by atoms with E-state index in [1.54, 1.807) is 0 Å². The number of likely N-dealkylation sites (tertiary alicyclic amines) is 1. The van der Waals surface area contributed by atoms with Gasteiger partial charge in [-0.1, -0.05) is 0 Å². The van der Waals surface area contributed by atoms with Crippen LogP contribution < -0.4 is 5.32 Å². The van der Waals surface area contributed by atoms with Gasteiger partial charge in [0.25, 0.3) is 0 Å². The Bertz CT molecular complexity index is 347. The second-order valence-corrected chi connectivity index (χ2v) is 6.14. The van der Waals surface area contributed by atoms with Crippen LogP contribution in [0.25, 0.3) is 0 Å². The molecule has 1 N–H and O–H groups in total. The van der Waals surface area contributed by atoms with Crippen molar-refractivity contribution >= 4 is 29.9 Å². The van der Waals surface area contributed by atoms with E-state index in [-0.39, 0.29) is 30.1 Å². The normalized spacial score (nSPS) is 30.1. The number of ether oxygens (including phenoxy) is 1. The lowest BCUT2D eigenvalue weighted by molar-refractivity contribution is -0.0432. The molecule has 21 heavy (non-hydrogen) atoms. The van der Waals surface area contributed by atoms with Crippen molar-refractivity contribution in [2.75, 3.05) is 45.9 Å². The van der Waals surface area contributed by atoms with E-state index in [0.29, 0.717) is 6.04 Å². The highest BCUT2D eigenvalue weighted by atomic mass is 127. The SMILES string of the molecule is CCNC(=NCC1CN2CCCC2CO1)N1CCCC1.I. The van der Waals surface area contributed by atoms with Gasteiger partial charge in [-0.05, 0) is 39.2 Å². The number of fused-ring (bicyclic) bond motifs is 1. The molecule has 6 heteroatoms. The quantitative estimate of drug-likeness (QED) is 0.437. The lowest BCUT2D eigenvalue weighted by Gasteiger charge is -2.34. The average Bonchev–Trinajstić information content (AvgIpc) is 3.13. The molecule has 0 radical (unpaired) electrons. The molecule has 3 aliphatic rings. The predicted octanol–water partition coefficient (Wildman–Crippen LogP) is 1.53. The molecule has 2 unspecified atom stereocenters. The van der Waals surface area contributed by atoms with Crippen LogP contribution in [0, 0.1) is 0 Å². The van der Waals surface area contributed by atoms with E-state index in [1.165, 1.54) is 32.2 Å². The summed E-state index contributed by atoms with van der Waals surface area (Å²) in [6, 6.07) is 0.682. The Morgan fingerprint density at radius 3 is 2.81 bits per heavy atom. The summed E-state index contributed by atoms with van der Waals surface area (Å²) >= 11 is 0. The minimum atomic E-state index is 0. The van der Waals surface area contributed by atoms with Crippen molar-refractivity contribution in [2.24, 2.45) is 4.99 Å². The zero-order chi connectivity index (χ0) is 13.8. The van der Waals surface area contributed by atoms with E-state index in [2.05, 4.69) is 22.0 Å². The van der Waals surface area contributed by atoms with E-state index < -0.39 is 0 Å². The number of guanidine groups is 1. The van der Waals surface area contributed by atoms with Crippen LogP contribution >= 0.6 is 24.0 Å². The minimum absolute atomic E-state index is 0. The van der Waals surface area contributed by atoms with Crippen LogP contribution in [0.3, 0.4) is 0 Å². The van der Waals surface area contributed by atoms with E-state index in [4.69, 9.17) is 9.73 Å². The van der Waals surface area contributed by atoms with Gasteiger partial charge in [0.15, 0.2) is 5.96 Å². The summed E-state index contributed by atoms with van der Waals surface area (Å²) in [4.78, 5) is 9.78. The highest BCUT2D eigenvalue weighted by molar-refractivity contribution is 14.0. The summed E-state index contributed by atoms with van der Waals surface area (Å²) in [7, 11) is 0. The molecular weight excluding hydrogens is 379 g/mol. The Morgan fingerprint density at radius 2 is 2.05 bits per heavy atom. The number of hydrogen-bond acceptors (Lipinski definition) is 3. The van der Waals surface area contributed by atoms with Gasteiger partial charge in [-0.3, -0.25) is 9.89 Å². The van der Waals surface area contributed by atoms with Crippen molar-refractivity contribution in [3.8, 4) is 0 Å². The third-order valence-corrected chi connectivity index (χ3v) is 4.65. The molecule has 3 heterocycles. The van der Waals surface area contributed by atoms with Gasteiger partial charge in [-0.25, -0.2) is 0 Å². The summed E-state index contributed by atoms with van der Waals surface area (Å²) in [6.45, 7) is 9.38. The van der Waals surface area contributed by atoms with Gasteiger partial charge in [-0.2, -0.15) is 0 Å². The van der Waals surface area contributed by atoms with Gasteiger partial charge < -0.3 is 15.0 Å². The van der Waals surface area contributed by atoms with Crippen LogP contribution in [0.1, 0.15) is 32.6 Å². The zero-order valence-corrected chi connectivity index (χ0v) is 15.4. The first-order valence-electron chi connectivity index (χ1n) is 8.25. The number of nitrogens with one attached hydrogen (secondary N) is 1. The van der Waals surface area contributed by atoms with Crippen LogP contribution in [-0.2, 0) is 4.74 Å². The predicted molar refractivity (Wildman–Crippen MR) is 96.5 cm³/mol. The van der Waals surface area contributed by atoms with E-state index in [0.717, 1.165) is 45.3 Å². The van der Waals surface area contributed by atoms with Crippen molar-refractivity contribution in [3.05, 3.63) is 0 Å². The number of aliphatic imine (C=N–C) groups is 1. The van der Waals surface area contributed by atoms with E-state index >= 15 is 0 Å². The second kappa shape index (κ2) is 8.53. The third-order valence-electron chi connectivity index (χ3n) is 4.65. The molecule has 0 aromatic carbocycles. The molecule has 0 aliphatic carbocycles. The van der Waals surface area contributed by atoms with Crippen LogP contribution in [0.4, 0.5) is 0 Å². The first-order chi connectivity index (χ1) is 9.86. The fourth-order valence-electron chi connectivity index (χ4n) is 3.54. The number of halogens is 1. The van der Waals surface area contributed by atoms with Crippen LogP contribution in [-0.4, -0.2) is 73.8 Å². The van der Waals surface area contributed by atoms with Crippen LogP contribution in [0.5, 0.6) is 0 Å². The maximum Gasteiger partial charge on any atom is 0.194 e. The van der Waals surface area contributed by atoms with E-state index in [9.17, 15) is 0 Å². The molecule has 3 aliphatic heterocycles. The molecule has 0 aromatic rings. The molecule has 3 rings (SSSR count). The van der Waals surface area contributed by atoms with Gasteiger partial charge >= 0.3 is 0 Å². The Morgan fingerprint density at radius 1 is 1.24 bits per heavy atom. The van der Waals surface area contributed by atoms with Crippen molar-refractivity contribution < 1.29 is 4.74 Å². The standard InChI is InChI=1S/C15H28N4O.HI/c1-2-16-15(18-7-3-4-8-18)17-10-14-11-19-9-5-6-13(19)12-20-14;/h13-14H,2-12H2,1H3,(H,16,17);1H. The van der Waals surface area contributed by atoms with Crippen LogP contribution in [0.2, 0.25) is 0 Å². The van der Waals surface area contributed by atoms with Crippen molar-refractivity contribution in [1.29, 1.82) is 0 Å². The molecule has 122 valence electrons. The summed E-state index contributed by atoms with van der Waals surface area (Å²) in [5.41, 5.74) is 0. The molecule has 0 bridgehead atoms. The smallest absolute Gasteiger partial charge is 0.194 e. The fraction of sp³-hybridized carbons (Fsp3) is 0.933. The Balaban J connectivity index is 0.00000161. The molecule has 0 saturated carbocycles. The maximum atomic E-state index is 5.99. The van der Waals surface area contributed by atoms with Crippen molar-refractivity contribution in [1.82, 2.24) is 15.1 Å². The van der Waals surface area contributed by atoms with Gasteiger partial charge in [0.05, 0.1) is 19.3 Å². The summed E-state index contributed by atoms with van der Waals surface area (Å²) in [5, 5.41) is 3.42. The van der Waals surface area contributed by atoms with Crippen LogP contribution in [0.15, 0.2) is 4.99 Å². The molecule has 0 amide bonds. The highest BCUT2D eigenvalue weighted by Crippen LogP contribution is 2.22. The van der Waals surface area contributed by atoms with Gasteiger partial charge in [0, 0.05) is 32.2 Å². The third kappa shape index (κ3) is 4.45. The molecule has 0 aromatic heterocycles. The first kappa shape index (κ1) is 17.3. The van der Waals surface area contributed by atoms with Gasteiger partial charge in [0.1, 0.15) is 0 Å². The number of morpholine rings is 1. The Kier molecular flexibility index (Phi) is 7.01. The number of nitrogens with zero attached hydrogens (tertiary/aromatic N) is 3. The monoisotopic (exact) mass is 408 g/mol. The number of rotatable bonds is 3. The molecular formula is C15H29IN4O. The highest BCUT2D eigenvalue weighted by Gasteiger charge is 2.32. The lowest BCUT2D eigenvalue weighted by Crippen LogP contribution is -2.47. The minimum Gasteiger partial charge on any atom is -0.373 e. The number of hydrogen-bond donors (Lipinski definition) is 1. The average molecular weight is 408 g/mol. The summed E-state index contributed by atoms with van der Waals surface area (Å²) in [6.07, 6.45) is 5.51.